The van der Waals surface area contributed by atoms with Crippen molar-refractivity contribution in [3.63, 3.8) is 0 Å². The first-order valence-electron chi connectivity index (χ1n) is 30.8. The van der Waals surface area contributed by atoms with E-state index in [1.807, 2.05) is 33.3 Å². The van der Waals surface area contributed by atoms with Crippen LogP contribution in [0.1, 0.15) is 271 Å². The number of nitrogens with one attached hydrogen (secondary N) is 1. The number of rotatable bonds is 55. The number of quaternary nitrogens is 1. The summed E-state index contributed by atoms with van der Waals surface area (Å²) in [5.41, 5.74) is 0. The maximum absolute atomic E-state index is 13.5. The number of likely N-dealkylation sites (N-methyl/N-ethyl adjacent to an activating group) is 1. The molecule has 0 heterocycles. The Hall–Kier alpha value is -2.55. The van der Waals surface area contributed by atoms with E-state index in [-0.39, 0.29) is 24.9 Å². The first-order chi connectivity index (χ1) is 35.9. The molecule has 430 valence electrons. The van der Waals surface area contributed by atoms with Crippen molar-refractivity contribution < 1.29 is 37.3 Å². The van der Waals surface area contributed by atoms with E-state index >= 15 is 0 Å². The number of esters is 1. The molecule has 0 aromatic heterocycles. The van der Waals surface area contributed by atoms with Crippen molar-refractivity contribution in [3.05, 3.63) is 72.9 Å². The van der Waals surface area contributed by atoms with E-state index in [0.717, 1.165) is 83.5 Å². The number of phosphoric ester groups is 1. The number of phosphoric acid groups is 1. The quantitative estimate of drug-likeness (QED) is 0.0161. The lowest BCUT2D eigenvalue weighted by atomic mass is 10.0. The maximum Gasteiger partial charge on any atom is 0.306 e. The predicted octanol–water partition coefficient (Wildman–Crippen LogP) is 18.2. The molecule has 9 nitrogen and oxygen atoms in total. The molecule has 0 rings (SSSR count). The Labute approximate surface area is 457 Å². The highest BCUT2D eigenvalue weighted by Crippen LogP contribution is 2.38. The van der Waals surface area contributed by atoms with E-state index in [1.165, 1.54) is 154 Å². The zero-order valence-corrected chi connectivity index (χ0v) is 49.9. The molecule has 74 heavy (non-hydrogen) atoms. The molecule has 0 aromatic carbocycles. The highest BCUT2D eigenvalue weighted by Gasteiger charge is 2.27. The fourth-order valence-electron chi connectivity index (χ4n) is 8.67. The van der Waals surface area contributed by atoms with Crippen LogP contribution in [0.15, 0.2) is 72.9 Å². The zero-order valence-electron chi connectivity index (χ0n) is 49.0. The molecule has 0 aliphatic rings. The third-order valence-electron chi connectivity index (χ3n) is 13.4. The number of allylic oxidation sites excluding steroid dienone is 11. The molecule has 0 bridgehead atoms. The van der Waals surface area contributed by atoms with Gasteiger partial charge < -0.3 is 28.5 Å². The Kier molecular flexibility index (Phi) is 52.0. The number of nitrogens with zero attached hydrogens (tertiary/aromatic N) is 1. The molecule has 0 aliphatic heterocycles. The smallest absolute Gasteiger partial charge is 0.306 e. The molecule has 0 aromatic rings. The number of unbranched alkanes of at least 4 members (excludes halogenated alkanes) is 31. The summed E-state index contributed by atoms with van der Waals surface area (Å²) in [4.78, 5) is 40.0. The number of hydrogen-bond acceptors (Lipinski definition) is 7. The summed E-state index contributed by atoms with van der Waals surface area (Å²) in [5, 5.41) is 3.02. The largest absolute Gasteiger partial charge is 0.756 e. The van der Waals surface area contributed by atoms with Crippen LogP contribution in [-0.4, -0.2) is 69.4 Å². The predicted molar refractivity (Wildman–Crippen MR) is 316 cm³/mol. The van der Waals surface area contributed by atoms with Gasteiger partial charge in [-0.05, 0) is 83.1 Å². The van der Waals surface area contributed by atoms with Gasteiger partial charge in [-0.2, -0.15) is 0 Å². The molecule has 0 spiro atoms. The van der Waals surface area contributed by atoms with E-state index in [2.05, 4.69) is 86.8 Å². The molecule has 0 saturated carbocycles. The Morgan fingerprint density at radius 1 is 0.500 bits per heavy atom. The van der Waals surface area contributed by atoms with E-state index in [0.29, 0.717) is 17.4 Å². The topological polar surface area (TPSA) is 114 Å². The van der Waals surface area contributed by atoms with Crippen LogP contribution in [-0.2, 0) is 27.9 Å². The number of ether oxygens (including phenoxy) is 1. The first kappa shape index (κ1) is 71.5. The molecule has 1 N–H and O–H groups in total. The van der Waals surface area contributed by atoms with E-state index in [4.69, 9.17) is 13.8 Å². The summed E-state index contributed by atoms with van der Waals surface area (Å²) in [6.07, 6.45) is 68.6. The van der Waals surface area contributed by atoms with Gasteiger partial charge in [-0.25, -0.2) is 0 Å². The molecule has 0 fully saturated rings. The van der Waals surface area contributed by atoms with Crippen molar-refractivity contribution in [2.45, 2.75) is 283 Å². The lowest BCUT2D eigenvalue weighted by molar-refractivity contribution is -0.870. The fourth-order valence-corrected chi connectivity index (χ4v) is 9.39. The van der Waals surface area contributed by atoms with Crippen LogP contribution >= 0.6 is 7.82 Å². The molecule has 0 radical (unpaired) electrons. The average molecular weight is 1060 g/mol. The summed E-state index contributed by atoms with van der Waals surface area (Å²) in [5.74, 6) is -0.555. The molecule has 0 aliphatic carbocycles. The van der Waals surface area contributed by atoms with Crippen LogP contribution in [0.4, 0.5) is 0 Å². The Morgan fingerprint density at radius 2 is 0.919 bits per heavy atom. The van der Waals surface area contributed by atoms with Crippen molar-refractivity contribution in [3.8, 4) is 0 Å². The number of hydrogen-bond donors (Lipinski definition) is 1. The van der Waals surface area contributed by atoms with Gasteiger partial charge in [0.05, 0.1) is 33.8 Å². The number of amides is 1. The molecular weight excluding hydrogens is 940 g/mol. The van der Waals surface area contributed by atoms with Gasteiger partial charge in [-0.1, -0.05) is 248 Å². The highest BCUT2D eigenvalue weighted by atomic mass is 31.2. The standard InChI is InChI=1S/C64H117N2O7P/c1-7-10-13-16-19-22-25-28-30-31-32-33-34-35-37-39-42-45-48-51-54-57-64(68)73-62(55-52-49-46-43-40-27-24-21-18-15-12-9-3)61(60-72-74(69,70)71-59-58-66(4,5)6)65-63(67)56-53-50-47-44-41-38-36-29-26-23-20-17-14-11-8-2/h11,14,17,19-20,22-23,26,28,30,52,55,61-62H,7-10,12-13,15-16,18,21,24-25,27,29,31-51,53-54,56-60H2,1-6H3,(H-,65,67,69,70)/b14-11+,20-17+,22-19-,26-23+,30-28-,55-52-. The van der Waals surface area contributed by atoms with Gasteiger partial charge >= 0.3 is 5.97 Å². The van der Waals surface area contributed by atoms with Gasteiger partial charge in [0, 0.05) is 12.8 Å². The summed E-state index contributed by atoms with van der Waals surface area (Å²) < 4.78 is 30.3. The Bertz CT molecular complexity index is 1500. The van der Waals surface area contributed by atoms with Crippen molar-refractivity contribution in [1.29, 1.82) is 0 Å². The van der Waals surface area contributed by atoms with Crippen molar-refractivity contribution in [2.75, 3.05) is 40.9 Å². The van der Waals surface area contributed by atoms with Crippen LogP contribution in [0.25, 0.3) is 0 Å². The van der Waals surface area contributed by atoms with Gasteiger partial charge in [0.15, 0.2) is 0 Å². The third kappa shape index (κ3) is 54.2. The summed E-state index contributed by atoms with van der Waals surface area (Å²) in [6, 6.07) is -0.897. The molecule has 0 saturated heterocycles. The molecule has 3 atom stereocenters. The van der Waals surface area contributed by atoms with Crippen molar-refractivity contribution in [2.24, 2.45) is 0 Å². The second kappa shape index (κ2) is 53.8. The highest BCUT2D eigenvalue weighted by molar-refractivity contribution is 7.45. The Morgan fingerprint density at radius 3 is 1.42 bits per heavy atom. The van der Waals surface area contributed by atoms with Crippen LogP contribution < -0.4 is 10.2 Å². The van der Waals surface area contributed by atoms with E-state index < -0.39 is 26.6 Å². The van der Waals surface area contributed by atoms with Crippen LogP contribution in [0.3, 0.4) is 0 Å². The van der Waals surface area contributed by atoms with Gasteiger partial charge in [0.1, 0.15) is 19.3 Å². The first-order valence-corrected chi connectivity index (χ1v) is 32.2. The molecule has 3 unspecified atom stereocenters. The minimum Gasteiger partial charge on any atom is -0.756 e. The van der Waals surface area contributed by atoms with Gasteiger partial charge in [-0.3, -0.25) is 14.2 Å². The number of carbonyl (C=O) groups excluding carboxylic acids is 2. The SMILES string of the molecule is CC/C=C/C=C/C=C/CCCCCCCCCC(=O)NC(COP(=O)([O-])OCC[N+](C)(C)C)C(/C=C\CCCCCCCCCCCC)OC(=O)CCCCCCCCCCCCC/C=C\C/C=C\CCCCC. The molecule has 1 amide bonds. The fraction of sp³-hybridized carbons (Fsp3) is 0.781. The normalized spacial score (nSPS) is 14.2. The Balaban J connectivity index is 5.24. The van der Waals surface area contributed by atoms with E-state index in [1.54, 1.807) is 0 Å². The van der Waals surface area contributed by atoms with Crippen molar-refractivity contribution in [1.82, 2.24) is 5.32 Å². The lowest BCUT2D eigenvalue weighted by Crippen LogP contribution is -2.47. The zero-order chi connectivity index (χ0) is 54.3. The summed E-state index contributed by atoms with van der Waals surface area (Å²) >= 11 is 0. The van der Waals surface area contributed by atoms with Gasteiger partial charge in [-0.15, -0.1) is 0 Å². The average Bonchev–Trinajstić information content (AvgIpc) is 3.36. The van der Waals surface area contributed by atoms with E-state index in [9.17, 15) is 19.0 Å². The van der Waals surface area contributed by atoms with Crippen molar-refractivity contribution >= 4 is 19.7 Å². The molecule has 10 heteroatoms. The molecular formula is C64H117N2O7P. The maximum atomic E-state index is 13.5. The van der Waals surface area contributed by atoms with Crippen LogP contribution in [0, 0.1) is 0 Å². The second-order valence-electron chi connectivity index (χ2n) is 21.9. The second-order valence-corrected chi connectivity index (χ2v) is 23.3. The summed E-state index contributed by atoms with van der Waals surface area (Å²) in [7, 11) is 1.17. The number of carbonyl (C=O) groups is 2. The summed E-state index contributed by atoms with van der Waals surface area (Å²) in [6.45, 7) is 6.68. The minimum absolute atomic E-state index is 0.0272. The van der Waals surface area contributed by atoms with Gasteiger partial charge in [0.25, 0.3) is 7.82 Å². The minimum atomic E-state index is -4.70. The lowest BCUT2D eigenvalue weighted by Gasteiger charge is -2.30. The van der Waals surface area contributed by atoms with Gasteiger partial charge in [0.2, 0.25) is 5.91 Å². The monoisotopic (exact) mass is 1060 g/mol. The van der Waals surface area contributed by atoms with Crippen LogP contribution in [0.5, 0.6) is 0 Å². The third-order valence-corrected chi connectivity index (χ3v) is 14.4. The van der Waals surface area contributed by atoms with Crippen LogP contribution in [0.2, 0.25) is 0 Å².